The van der Waals surface area contributed by atoms with Crippen LogP contribution >= 0.6 is 23.2 Å². The molecular formula is C17H20Cl2N2O2. The highest BCUT2D eigenvalue weighted by atomic mass is 35.5. The van der Waals surface area contributed by atoms with Gasteiger partial charge >= 0.3 is 0 Å². The van der Waals surface area contributed by atoms with Crippen molar-refractivity contribution in [3.05, 3.63) is 28.2 Å². The number of nitrogens with zero attached hydrogens (tertiary/aromatic N) is 1. The molecule has 2 atom stereocenters. The number of fused-ring (bicyclic) bond motifs is 2. The number of carbonyl (C=O) groups is 1. The van der Waals surface area contributed by atoms with Crippen molar-refractivity contribution in [2.24, 2.45) is 21.4 Å². The van der Waals surface area contributed by atoms with E-state index in [2.05, 4.69) is 31.2 Å². The molecule has 2 fully saturated rings. The van der Waals surface area contributed by atoms with Gasteiger partial charge in [-0.05, 0) is 36.5 Å². The summed E-state index contributed by atoms with van der Waals surface area (Å²) in [6.07, 6.45) is 2.06. The number of amides is 1. The molecule has 2 N–H and O–H groups in total. The molecule has 0 aliphatic heterocycles. The van der Waals surface area contributed by atoms with Gasteiger partial charge in [-0.2, -0.15) is 0 Å². The molecule has 2 aliphatic carbocycles. The topological polar surface area (TPSA) is 61.7 Å². The number of hydrogen-bond acceptors (Lipinski definition) is 3. The maximum atomic E-state index is 13.1. The van der Waals surface area contributed by atoms with E-state index in [4.69, 9.17) is 23.2 Å². The van der Waals surface area contributed by atoms with Gasteiger partial charge in [-0.3, -0.25) is 4.79 Å². The molecule has 1 amide bonds. The highest BCUT2D eigenvalue weighted by molar-refractivity contribution is 6.35. The van der Waals surface area contributed by atoms with Gasteiger partial charge in [0.15, 0.2) is 0 Å². The van der Waals surface area contributed by atoms with Gasteiger partial charge in [0.2, 0.25) is 5.91 Å². The van der Waals surface area contributed by atoms with Crippen molar-refractivity contribution in [2.75, 3.05) is 5.32 Å². The summed E-state index contributed by atoms with van der Waals surface area (Å²) in [5, 5.41) is 16.8. The van der Waals surface area contributed by atoms with Crippen LogP contribution in [0.1, 0.15) is 40.0 Å². The summed E-state index contributed by atoms with van der Waals surface area (Å²) < 4.78 is 0. The Morgan fingerprint density at radius 2 is 1.96 bits per heavy atom. The number of nitrogens with one attached hydrogen (secondary N) is 1. The fraction of sp³-hybridized carbons (Fsp3) is 0.529. The first kappa shape index (κ1) is 16.6. The minimum absolute atomic E-state index is 0.0889. The molecule has 2 bridgehead atoms. The molecule has 23 heavy (non-hydrogen) atoms. The Balaban J connectivity index is 1.98. The monoisotopic (exact) mass is 354 g/mol. The Morgan fingerprint density at radius 1 is 1.26 bits per heavy atom. The molecule has 0 heterocycles. The van der Waals surface area contributed by atoms with Crippen molar-refractivity contribution in [1.82, 2.24) is 0 Å². The lowest BCUT2D eigenvalue weighted by Crippen LogP contribution is -2.43. The van der Waals surface area contributed by atoms with Gasteiger partial charge in [-0.15, -0.1) is 0 Å². The van der Waals surface area contributed by atoms with E-state index >= 15 is 0 Å². The number of hydrogen-bond donors (Lipinski definition) is 2. The Hall–Kier alpha value is -1.26. The summed E-state index contributed by atoms with van der Waals surface area (Å²) in [6.45, 7) is 6.24. The second kappa shape index (κ2) is 5.12. The molecule has 4 nitrogen and oxygen atoms in total. The van der Waals surface area contributed by atoms with Crippen molar-refractivity contribution in [3.8, 4) is 0 Å². The highest BCUT2D eigenvalue weighted by Gasteiger charge is 2.71. The van der Waals surface area contributed by atoms with Gasteiger partial charge in [0.1, 0.15) is 0 Å². The first-order valence-electron chi connectivity index (χ1n) is 7.66. The summed E-state index contributed by atoms with van der Waals surface area (Å²) >= 11 is 12.2. The summed E-state index contributed by atoms with van der Waals surface area (Å²) in [5.41, 5.74) is 0.0431. The van der Waals surface area contributed by atoms with E-state index in [1.807, 2.05) is 0 Å². The molecule has 3 rings (SSSR count). The predicted molar refractivity (Wildman–Crippen MR) is 92.5 cm³/mol. The second-order valence-corrected chi connectivity index (χ2v) is 8.18. The van der Waals surface area contributed by atoms with Gasteiger partial charge in [-0.1, -0.05) is 49.1 Å². The van der Waals surface area contributed by atoms with Gasteiger partial charge in [-0.25, -0.2) is 0 Å². The van der Waals surface area contributed by atoms with Crippen LogP contribution in [0.3, 0.4) is 0 Å². The van der Waals surface area contributed by atoms with E-state index < -0.39 is 5.41 Å². The average molecular weight is 355 g/mol. The molecule has 2 saturated carbocycles. The van der Waals surface area contributed by atoms with E-state index in [-0.39, 0.29) is 16.7 Å². The van der Waals surface area contributed by atoms with Crippen molar-refractivity contribution < 1.29 is 10.0 Å². The summed E-state index contributed by atoms with van der Waals surface area (Å²) in [6, 6.07) is 4.99. The number of oxime groups is 1. The SMILES string of the molecule is CC1(C)[C@@]2(C(=O)Nc3cc(Cl)ccc3Cl)CC[C@@]1(C)/C(=N\O)C2. The predicted octanol–water partition coefficient (Wildman–Crippen LogP) is 4.98. The largest absolute Gasteiger partial charge is 0.411 e. The third-order valence-electron chi connectivity index (χ3n) is 6.47. The summed E-state index contributed by atoms with van der Waals surface area (Å²) in [5.74, 6) is -0.0889. The van der Waals surface area contributed by atoms with Crippen LogP contribution in [-0.4, -0.2) is 16.8 Å². The molecule has 0 saturated heterocycles. The lowest BCUT2D eigenvalue weighted by atomic mass is 9.64. The molecule has 0 spiro atoms. The maximum Gasteiger partial charge on any atom is 0.231 e. The Kier molecular flexibility index (Phi) is 3.69. The Morgan fingerprint density at radius 3 is 2.57 bits per heavy atom. The van der Waals surface area contributed by atoms with Crippen LogP contribution in [0.2, 0.25) is 10.0 Å². The van der Waals surface area contributed by atoms with E-state index in [1.54, 1.807) is 18.2 Å². The van der Waals surface area contributed by atoms with E-state index in [0.29, 0.717) is 27.9 Å². The second-order valence-electron chi connectivity index (χ2n) is 7.34. The van der Waals surface area contributed by atoms with Gasteiger partial charge < -0.3 is 10.5 Å². The third-order valence-corrected chi connectivity index (χ3v) is 7.03. The number of anilines is 1. The standard InChI is InChI=1S/C17H20Cl2N2O2/c1-15(2)16(3)6-7-17(15,9-13(16)21-23)14(22)20-12-8-10(18)4-5-11(12)19/h4-5,8,23H,6-7,9H2,1-3H3,(H,20,22)/b21-13-/t16-,17-/m0/s1. The molecule has 2 aliphatic rings. The Labute approximate surface area is 145 Å². The fourth-order valence-electron chi connectivity index (χ4n) is 4.37. The van der Waals surface area contributed by atoms with E-state index in [1.165, 1.54) is 0 Å². The third kappa shape index (κ3) is 2.04. The first-order chi connectivity index (χ1) is 10.7. The minimum atomic E-state index is -0.602. The highest BCUT2D eigenvalue weighted by Crippen LogP contribution is 2.71. The molecular weight excluding hydrogens is 335 g/mol. The lowest BCUT2D eigenvalue weighted by molar-refractivity contribution is -0.130. The molecule has 0 radical (unpaired) electrons. The average Bonchev–Trinajstić information content (AvgIpc) is 2.80. The molecule has 0 unspecified atom stereocenters. The minimum Gasteiger partial charge on any atom is -0.411 e. The van der Waals surface area contributed by atoms with Crippen molar-refractivity contribution in [2.45, 2.75) is 40.0 Å². The van der Waals surface area contributed by atoms with Crippen molar-refractivity contribution in [3.63, 3.8) is 0 Å². The quantitative estimate of drug-likeness (QED) is 0.581. The van der Waals surface area contributed by atoms with Gasteiger partial charge in [0, 0.05) is 16.9 Å². The van der Waals surface area contributed by atoms with Crippen LogP contribution in [0.15, 0.2) is 23.4 Å². The van der Waals surface area contributed by atoms with Crippen molar-refractivity contribution in [1.29, 1.82) is 0 Å². The van der Waals surface area contributed by atoms with E-state index in [0.717, 1.165) is 12.8 Å². The van der Waals surface area contributed by atoms with Crippen LogP contribution in [-0.2, 0) is 4.79 Å². The number of carbonyl (C=O) groups excluding carboxylic acids is 1. The summed E-state index contributed by atoms with van der Waals surface area (Å²) in [4.78, 5) is 13.1. The van der Waals surface area contributed by atoms with Crippen LogP contribution in [0.4, 0.5) is 5.69 Å². The first-order valence-corrected chi connectivity index (χ1v) is 8.41. The molecule has 6 heteroatoms. The van der Waals surface area contributed by atoms with Crippen molar-refractivity contribution >= 4 is 40.5 Å². The van der Waals surface area contributed by atoms with Crippen LogP contribution < -0.4 is 5.32 Å². The van der Waals surface area contributed by atoms with E-state index in [9.17, 15) is 10.0 Å². The normalized spacial score (nSPS) is 33.2. The number of benzene rings is 1. The molecule has 1 aromatic carbocycles. The van der Waals surface area contributed by atoms with Gasteiger partial charge in [0.25, 0.3) is 0 Å². The van der Waals surface area contributed by atoms with Crippen LogP contribution in [0, 0.1) is 16.2 Å². The Bertz CT molecular complexity index is 717. The number of halogens is 2. The lowest BCUT2D eigenvalue weighted by Gasteiger charge is -2.39. The fourth-order valence-corrected chi connectivity index (χ4v) is 4.71. The smallest absolute Gasteiger partial charge is 0.231 e. The molecule has 1 aromatic rings. The zero-order valence-corrected chi connectivity index (χ0v) is 14.9. The zero-order valence-electron chi connectivity index (χ0n) is 13.4. The van der Waals surface area contributed by atoms with Gasteiger partial charge in [0.05, 0.1) is 21.8 Å². The maximum absolute atomic E-state index is 13.1. The number of rotatable bonds is 2. The zero-order chi connectivity index (χ0) is 17.0. The summed E-state index contributed by atoms with van der Waals surface area (Å²) in [7, 11) is 0. The molecule has 0 aromatic heterocycles. The van der Waals surface area contributed by atoms with Crippen LogP contribution in [0.25, 0.3) is 0 Å². The van der Waals surface area contributed by atoms with Crippen LogP contribution in [0.5, 0.6) is 0 Å². The molecule has 124 valence electrons.